The van der Waals surface area contributed by atoms with Crippen LogP contribution in [0.1, 0.15) is 11.9 Å². The van der Waals surface area contributed by atoms with E-state index in [2.05, 4.69) is 10.0 Å². The molecule has 2 saturated heterocycles. The van der Waals surface area contributed by atoms with Crippen molar-refractivity contribution in [2.45, 2.75) is 36.9 Å². The SMILES string of the molecule is CO[C@@H]1O[C@@H]2CO[C@@H](c3ccccc3)O[C@@H]2[C@H](O)[C@H]1N=[N+]=[N-]. The van der Waals surface area contributed by atoms with Gasteiger partial charge in [0.25, 0.3) is 0 Å². The first-order valence-electron chi connectivity index (χ1n) is 6.97. The van der Waals surface area contributed by atoms with Crippen molar-refractivity contribution < 1.29 is 24.1 Å². The van der Waals surface area contributed by atoms with Crippen LogP contribution in [0.3, 0.4) is 0 Å². The Morgan fingerprint density at radius 1 is 1.32 bits per heavy atom. The van der Waals surface area contributed by atoms with Crippen LogP contribution >= 0.6 is 0 Å². The Balaban J connectivity index is 1.79. The highest BCUT2D eigenvalue weighted by Gasteiger charge is 2.49. The summed E-state index contributed by atoms with van der Waals surface area (Å²) in [6, 6.07) is 8.55. The Labute approximate surface area is 127 Å². The predicted molar refractivity (Wildman–Crippen MR) is 74.6 cm³/mol. The third kappa shape index (κ3) is 2.80. The molecule has 0 spiro atoms. The summed E-state index contributed by atoms with van der Waals surface area (Å²) in [7, 11) is 1.43. The fourth-order valence-electron chi connectivity index (χ4n) is 2.73. The normalized spacial score (nSPS) is 37.9. The lowest BCUT2D eigenvalue weighted by atomic mass is 9.96. The predicted octanol–water partition coefficient (Wildman–Crippen LogP) is 1.51. The number of nitrogens with zero attached hydrogens (tertiary/aromatic N) is 3. The fraction of sp³-hybridized carbons (Fsp3) is 0.571. The number of benzene rings is 1. The van der Waals surface area contributed by atoms with E-state index in [9.17, 15) is 5.11 Å². The Morgan fingerprint density at radius 2 is 2.09 bits per heavy atom. The van der Waals surface area contributed by atoms with Crippen LogP contribution in [0.15, 0.2) is 35.4 Å². The number of aliphatic hydroxyl groups excluding tert-OH is 1. The van der Waals surface area contributed by atoms with Gasteiger partial charge < -0.3 is 24.1 Å². The molecule has 2 aliphatic heterocycles. The molecule has 1 aromatic rings. The number of methoxy groups -OCH3 is 1. The van der Waals surface area contributed by atoms with Crippen LogP contribution in [0, 0.1) is 0 Å². The quantitative estimate of drug-likeness (QED) is 0.517. The van der Waals surface area contributed by atoms with Gasteiger partial charge in [0.05, 0.1) is 12.7 Å². The maximum Gasteiger partial charge on any atom is 0.184 e. The lowest BCUT2D eigenvalue weighted by Gasteiger charge is -2.46. The molecular formula is C14H17N3O5. The number of fused-ring (bicyclic) bond motifs is 1. The minimum absolute atomic E-state index is 0.254. The van der Waals surface area contributed by atoms with Crippen molar-refractivity contribution in [1.82, 2.24) is 0 Å². The van der Waals surface area contributed by atoms with E-state index in [-0.39, 0.29) is 6.61 Å². The average Bonchev–Trinajstić information content (AvgIpc) is 2.58. The van der Waals surface area contributed by atoms with E-state index in [1.165, 1.54) is 7.11 Å². The van der Waals surface area contributed by atoms with Crippen molar-refractivity contribution in [3.8, 4) is 0 Å². The molecule has 0 amide bonds. The summed E-state index contributed by atoms with van der Waals surface area (Å²) in [5.74, 6) is 0. The lowest BCUT2D eigenvalue weighted by Crippen LogP contribution is -2.61. The molecule has 0 aliphatic carbocycles. The van der Waals surface area contributed by atoms with Crippen molar-refractivity contribution in [2.24, 2.45) is 5.11 Å². The second kappa shape index (κ2) is 6.62. The summed E-state index contributed by atoms with van der Waals surface area (Å²) in [6.45, 7) is 0.254. The Morgan fingerprint density at radius 3 is 2.77 bits per heavy atom. The summed E-state index contributed by atoms with van der Waals surface area (Å²) >= 11 is 0. The molecule has 8 nitrogen and oxygen atoms in total. The molecule has 22 heavy (non-hydrogen) atoms. The summed E-state index contributed by atoms with van der Waals surface area (Å²) in [5, 5.41) is 14.0. The van der Waals surface area contributed by atoms with Gasteiger partial charge in [-0.2, -0.15) is 0 Å². The van der Waals surface area contributed by atoms with E-state index in [0.29, 0.717) is 0 Å². The van der Waals surface area contributed by atoms with Crippen molar-refractivity contribution in [2.75, 3.05) is 13.7 Å². The second-order valence-corrected chi connectivity index (χ2v) is 5.14. The number of aliphatic hydroxyl groups is 1. The van der Waals surface area contributed by atoms with Gasteiger partial charge in [-0.15, -0.1) is 0 Å². The first kappa shape index (κ1) is 15.2. The lowest BCUT2D eigenvalue weighted by molar-refractivity contribution is -0.338. The summed E-state index contributed by atoms with van der Waals surface area (Å²) < 4.78 is 22.3. The number of azide groups is 1. The highest BCUT2D eigenvalue weighted by molar-refractivity contribution is 5.16. The summed E-state index contributed by atoms with van der Waals surface area (Å²) in [6.07, 6.45) is -3.58. The third-order valence-corrected chi connectivity index (χ3v) is 3.82. The maximum absolute atomic E-state index is 10.5. The molecule has 2 fully saturated rings. The standard InChI is InChI=1S/C14H17N3O5/c1-19-14-10(16-17-15)11(18)12-9(21-14)7-20-13(22-12)8-5-3-2-4-6-8/h2-6,9-14,18H,7H2,1H3/t9-,10-,11-,12+,13-,14-/m1/s1. The molecule has 0 radical (unpaired) electrons. The first-order valence-corrected chi connectivity index (χ1v) is 6.97. The largest absolute Gasteiger partial charge is 0.390 e. The van der Waals surface area contributed by atoms with Crippen LogP contribution in [0.25, 0.3) is 10.4 Å². The van der Waals surface area contributed by atoms with Crippen LogP contribution in [0.4, 0.5) is 0 Å². The molecule has 2 aliphatic rings. The van der Waals surface area contributed by atoms with Crippen molar-refractivity contribution in [3.63, 3.8) is 0 Å². The van der Waals surface area contributed by atoms with E-state index in [4.69, 9.17) is 24.5 Å². The van der Waals surface area contributed by atoms with Gasteiger partial charge in [0.15, 0.2) is 12.6 Å². The van der Waals surface area contributed by atoms with E-state index >= 15 is 0 Å². The number of hydrogen-bond donors (Lipinski definition) is 1. The zero-order valence-electron chi connectivity index (χ0n) is 12.0. The van der Waals surface area contributed by atoms with Gasteiger partial charge in [0.2, 0.25) is 0 Å². The first-order chi connectivity index (χ1) is 10.7. The van der Waals surface area contributed by atoms with Crippen LogP contribution in [-0.4, -0.2) is 49.5 Å². The zero-order valence-corrected chi connectivity index (χ0v) is 12.0. The topological polar surface area (TPSA) is 106 Å². The van der Waals surface area contributed by atoms with Gasteiger partial charge in [-0.1, -0.05) is 35.4 Å². The number of ether oxygens (including phenoxy) is 4. The van der Waals surface area contributed by atoms with Gasteiger partial charge >= 0.3 is 0 Å². The fourth-order valence-corrected chi connectivity index (χ4v) is 2.73. The highest BCUT2D eigenvalue weighted by atomic mass is 16.7. The molecule has 6 atom stereocenters. The Kier molecular flexibility index (Phi) is 4.58. The molecule has 0 unspecified atom stereocenters. The van der Waals surface area contributed by atoms with E-state index < -0.39 is 36.9 Å². The molecule has 118 valence electrons. The van der Waals surface area contributed by atoms with Crippen molar-refractivity contribution >= 4 is 0 Å². The monoisotopic (exact) mass is 307 g/mol. The van der Waals surface area contributed by atoms with Crippen LogP contribution in [0.2, 0.25) is 0 Å². The van der Waals surface area contributed by atoms with Gasteiger partial charge in [-0.25, -0.2) is 0 Å². The summed E-state index contributed by atoms with van der Waals surface area (Å²) in [4.78, 5) is 2.74. The Bertz CT molecular complexity index is 551. The van der Waals surface area contributed by atoms with Gasteiger partial charge in [-0.05, 0) is 5.53 Å². The molecule has 1 aromatic carbocycles. The zero-order chi connectivity index (χ0) is 15.5. The van der Waals surface area contributed by atoms with Gasteiger partial charge in [0, 0.05) is 17.6 Å². The molecule has 8 heteroatoms. The Hall–Kier alpha value is -1.67. The second-order valence-electron chi connectivity index (χ2n) is 5.14. The van der Waals surface area contributed by atoms with Crippen LogP contribution in [0.5, 0.6) is 0 Å². The minimum atomic E-state index is -1.03. The van der Waals surface area contributed by atoms with E-state index in [1.807, 2.05) is 30.3 Å². The smallest absolute Gasteiger partial charge is 0.184 e. The van der Waals surface area contributed by atoms with Gasteiger partial charge in [-0.3, -0.25) is 0 Å². The maximum atomic E-state index is 10.5. The molecule has 1 N–H and O–H groups in total. The van der Waals surface area contributed by atoms with Crippen LogP contribution in [-0.2, 0) is 18.9 Å². The molecule has 0 saturated carbocycles. The number of rotatable bonds is 3. The average molecular weight is 307 g/mol. The molecular weight excluding hydrogens is 290 g/mol. The number of hydrogen-bond acceptors (Lipinski definition) is 6. The van der Waals surface area contributed by atoms with Crippen molar-refractivity contribution in [1.29, 1.82) is 0 Å². The van der Waals surface area contributed by atoms with Gasteiger partial charge in [0.1, 0.15) is 18.2 Å². The molecule has 3 rings (SSSR count). The van der Waals surface area contributed by atoms with E-state index in [0.717, 1.165) is 5.56 Å². The highest BCUT2D eigenvalue weighted by Crippen LogP contribution is 2.35. The van der Waals surface area contributed by atoms with E-state index in [1.54, 1.807) is 0 Å². The summed E-state index contributed by atoms with van der Waals surface area (Å²) in [5.41, 5.74) is 9.50. The molecule has 2 heterocycles. The molecule has 0 aromatic heterocycles. The van der Waals surface area contributed by atoms with Crippen molar-refractivity contribution in [3.05, 3.63) is 46.3 Å². The van der Waals surface area contributed by atoms with Crippen LogP contribution < -0.4 is 0 Å². The third-order valence-electron chi connectivity index (χ3n) is 3.82. The minimum Gasteiger partial charge on any atom is -0.390 e. The molecule has 0 bridgehead atoms.